The molecule has 146 valence electrons. The zero-order chi connectivity index (χ0) is 20.2. The van der Waals surface area contributed by atoms with E-state index in [0.717, 1.165) is 0 Å². The molecule has 7 heteroatoms. The fourth-order valence-electron chi connectivity index (χ4n) is 2.70. The Balaban J connectivity index is 2.31. The van der Waals surface area contributed by atoms with Crippen molar-refractivity contribution >= 4 is 37.5 Å². The van der Waals surface area contributed by atoms with Crippen molar-refractivity contribution in [2.45, 2.75) is 38.5 Å². The summed E-state index contributed by atoms with van der Waals surface area (Å²) in [7, 11) is -3.63. The summed E-state index contributed by atoms with van der Waals surface area (Å²) >= 11 is 3.34. The minimum atomic E-state index is -3.63. The van der Waals surface area contributed by atoms with E-state index >= 15 is 0 Å². The number of halogens is 1. The third-order valence-electron chi connectivity index (χ3n) is 4.36. The van der Waals surface area contributed by atoms with Gasteiger partial charge in [-0.1, -0.05) is 39.8 Å². The van der Waals surface area contributed by atoms with E-state index in [4.69, 9.17) is 0 Å². The van der Waals surface area contributed by atoms with Crippen LogP contribution in [0.2, 0.25) is 0 Å². The first kappa shape index (κ1) is 21.6. The molecule has 0 aromatic heterocycles. The molecule has 2 aromatic carbocycles. The summed E-state index contributed by atoms with van der Waals surface area (Å²) < 4.78 is 27.3. The van der Waals surface area contributed by atoms with E-state index in [1.807, 2.05) is 24.3 Å². The molecular weight excluding hydrogens is 428 g/mol. The van der Waals surface area contributed by atoms with Crippen LogP contribution in [0.1, 0.15) is 49.5 Å². The molecule has 0 radical (unpaired) electrons. The number of carbonyl (C=O) groups is 1. The molecule has 0 aliphatic carbocycles. The van der Waals surface area contributed by atoms with Crippen molar-refractivity contribution < 1.29 is 13.2 Å². The predicted molar refractivity (Wildman–Crippen MR) is 113 cm³/mol. The Hall–Kier alpha value is -1.70. The maximum absolute atomic E-state index is 12.7. The summed E-state index contributed by atoms with van der Waals surface area (Å²) in [6, 6.07) is 12.1. The summed E-state index contributed by atoms with van der Waals surface area (Å²) in [5.74, 6) is 0.0432. The highest BCUT2D eigenvalue weighted by Crippen LogP contribution is 2.25. The average Bonchev–Trinajstić information content (AvgIpc) is 2.63. The van der Waals surface area contributed by atoms with Crippen LogP contribution in [0.4, 0.5) is 5.69 Å². The Morgan fingerprint density at radius 1 is 1.07 bits per heavy atom. The van der Waals surface area contributed by atoms with Crippen LogP contribution in [0, 0.1) is 0 Å². The molecule has 0 saturated heterocycles. The molecule has 2 aromatic rings. The number of benzene rings is 2. The van der Waals surface area contributed by atoms with Crippen LogP contribution in [0.25, 0.3) is 0 Å². The van der Waals surface area contributed by atoms with Gasteiger partial charge in [0.1, 0.15) is 0 Å². The molecule has 1 N–H and O–H groups in total. The van der Waals surface area contributed by atoms with Crippen LogP contribution in [0.3, 0.4) is 0 Å². The van der Waals surface area contributed by atoms with Crippen LogP contribution >= 0.6 is 15.9 Å². The van der Waals surface area contributed by atoms with Crippen LogP contribution < -0.4 is 5.32 Å². The maximum atomic E-state index is 12.7. The number of sulfonamides is 1. The van der Waals surface area contributed by atoms with Crippen molar-refractivity contribution in [1.29, 1.82) is 0 Å². The molecule has 0 bridgehead atoms. The molecular formula is C20H25BrN2O3S. The highest BCUT2D eigenvalue weighted by atomic mass is 79.9. The van der Waals surface area contributed by atoms with E-state index in [-0.39, 0.29) is 16.4 Å². The fourth-order valence-corrected chi connectivity index (χ4v) is 4.61. The van der Waals surface area contributed by atoms with Crippen LogP contribution in [0.5, 0.6) is 0 Å². The van der Waals surface area contributed by atoms with E-state index in [1.54, 1.807) is 19.9 Å². The number of amides is 1. The number of carbonyl (C=O) groups excluding carboxylic acids is 1. The first-order valence-corrected chi connectivity index (χ1v) is 11.1. The first-order valence-electron chi connectivity index (χ1n) is 8.91. The molecule has 0 unspecified atom stereocenters. The van der Waals surface area contributed by atoms with Gasteiger partial charge in [0, 0.05) is 23.2 Å². The number of hydrogen-bond donors (Lipinski definition) is 1. The molecule has 1 amide bonds. The molecule has 0 saturated carbocycles. The highest BCUT2D eigenvalue weighted by molar-refractivity contribution is 9.10. The van der Waals surface area contributed by atoms with Gasteiger partial charge in [-0.2, -0.15) is 4.31 Å². The zero-order valence-electron chi connectivity index (χ0n) is 16.0. The normalized spacial score (nSPS) is 11.8. The summed E-state index contributed by atoms with van der Waals surface area (Å²) in [5.41, 5.74) is 2.12. The lowest BCUT2D eigenvalue weighted by molar-refractivity contribution is 0.102. The predicted octanol–water partition coefficient (Wildman–Crippen LogP) is 4.86. The van der Waals surface area contributed by atoms with Gasteiger partial charge in [-0.25, -0.2) is 8.42 Å². The topological polar surface area (TPSA) is 66.5 Å². The zero-order valence-corrected chi connectivity index (χ0v) is 18.4. The highest BCUT2D eigenvalue weighted by Gasteiger charge is 2.23. The van der Waals surface area contributed by atoms with Crippen LogP contribution in [0.15, 0.2) is 51.8 Å². The monoisotopic (exact) mass is 452 g/mol. The largest absolute Gasteiger partial charge is 0.322 e. The van der Waals surface area contributed by atoms with Gasteiger partial charge in [-0.3, -0.25) is 4.79 Å². The Morgan fingerprint density at radius 3 is 2.19 bits per heavy atom. The van der Waals surface area contributed by atoms with Gasteiger partial charge in [0.25, 0.3) is 5.91 Å². The van der Waals surface area contributed by atoms with Gasteiger partial charge in [0.05, 0.1) is 10.5 Å². The van der Waals surface area contributed by atoms with Crippen molar-refractivity contribution in [3.8, 4) is 0 Å². The van der Waals surface area contributed by atoms with Crippen molar-refractivity contribution in [1.82, 2.24) is 4.31 Å². The van der Waals surface area contributed by atoms with E-state index in [0.29, 0.717) is 29.2 Å². The van der Waals surface area contributed by atoms with Gasteiger partial charge in [0.2, 0.25) is 10.0 Å². The van der Waals surface area contributed by atoms with Crippen molar-refractivity contribution in [2.24, 2.45) is 0 Å². The molecule has 2 rings (SSSR count). The fraction of sp³-hybridized carbons (Fsp3) is 0.350. The minimum Gasteiger partial charge on any atom is -0.322 e. The first-order chi connectivity index (χ1) is 12.7. The molecule has 0 aliphatic heterocycles. The Morgan fingerprint density at radius 2 is 1.67 bits per heavy atom. The second kappa shape index (κ2) is 8.99. The molecule has 0 spiro atoms. The number of hydrogen-bond acceptors (Lipinski definition) is 3. The molecule has 0 fully saturated rings. The van der Waals surface area contributed by atoms with Crippen molar-refractivity contribution in [3.63, 3.8) is 0 Å². The number of anilines is 1. The lowest BCUT2D eigenvalue weighted by Gasteiger charge is -2.19. The standard InChI is InChI=1S/C20H25BrN2O3S/c1-5-23(6-2)27(25,26)17-11-12-19(21)18(13-17)20(24)22-16-9-7-15(8-10-16)14(3)4/h7-14H,5-6H2,1-4H3,(H,22,24). The Bertz CT molecular complexity index is 905. The van der Waals surface area contributed by atoms with E-state index in [2.05, 4.69) is 35.1 Å². The lowest BCUT2D eigenvalue weighted by Crippen LogP contribution is -2.30. The number of rotatable bonds is 7. The average molecular weight is 453 g/mol. The summed E-state index contributed by atoms with van der Waals surface area (Å²) in [5, 5.41) is 2.82. The van der Waals surface area contributed by atoms with Crippen LogP contribution in [-0.4, -0.2) is 31.7 Å². The second-order valence-corrected chi connectivity index (χ2v) is 9.25. The quantitative estimate of drug-likeness (QED) is 0.652. The number of nitrogens with zero attached hydrogens (tertiary/aromatic N) is 1. The summed E-state index contributed by atoms with van der Waals surface area (Å²) in [6.45, 7) is 8.53. The van der Waals surface area contributed by atoms with Gasteiger partial charge in [-0.05, 0) is 57.7 Å². The van der Waals surface area contributed by atoms with E-state index in [1.165, 1.54) is 22.0 Å². The maximum Gasteiger partial charge on any atom is 0.256 e. The third kappa shape index (κ3) is 4.97. The SMILES string of the molecule is CCN(CC)S(=O)(=O)c1ccc(Br)c(C(=O)Nc2ccc(C(C)C)cc2)c1. The number of nitrogens with one attached hydrogen (secondary N) is 1. The van der Waals surface area contributed by atoms with Gasteiger partial charge in [0.15, 0.2) is 0 Å². The van der Waals surface area contributed by atoms with Gasteiger partial charge in [-0.15, -0.1) is 0 Å². The van der Waals surface area contributed by atoms with E-state index in [9.17, 15) is 13.2 Å². The Labute approximate surface area is 170 Å². The molecule has 5 nitrogen and oxygen atoms in total. The van der Waals surface area contributed by atoms with E-state index < -0.39 is 10.0 Å². The lowest BCUT2D eigenvalue weighted by atomic mass is 10.0. The smallest absolute Gasteiger partial charge is 0.256 e. The molecule has 0 aliphatic rings. The molecule has 0 heterocycles. The summed E-state index contributed by atoms with van der Waals surface area (Å²) in [4.78, 5) is 12.8. The summed E-state index contributed by atoms with van der Waals surface area (Å²) in [6.07, 6.45) is 0. The van der Waals surface area contributed by atoms with Crippen molar-refractivity contribution in [2.75, 3.05) is 18.4 Å². The van der Waals surface area contributed by atoms with Crippen LogP contribution in [-0.2, 0) is 10.0 Å². The van der Waals surface area contributed by atoms with Gasteiger partial charge < -0.3 is 5.32 Å². The Kier molecular flexibility index (Phi) is 7.19. The minimum absolute atomic E-state index is 0.106. The molecule has 0 atom stereocenters. The van der Waals surface area contributed by atoms with Gasteiger partial charge >= 0.3 is 0 Å². The third-order valence-corrected chi connectivity index (χ3v) is 7.10. The second-order valence-electron chi connectivity index (χ2n) is 6.46. The molecule has 27 heavy (non-hydrogen) atoms. The van der Waals surface area contributed by atoms with Crippen molar-refractivity contribution in [3.05, 3.63) is 58.1 Å².